The fourth-order valence-electron chi connectivity index (χ4n) is 1.08. The zero-order valence-corrected chi connectivity index (χ0v) is 9.98. The fourth-order valence-corrected chi connectivity index (χ4v) is 1.08. The van der Waals surface area contributed by atoms with Gasteiger partial charge in [0.15, 0.2) is 0 Å². The minimum absolute atomic E-state index is 0.403. The molecule has 0 radical (unpaired) electrons. The predicted octanol–water partition coefficient (Wildman–Crippen LogP) is 1.54. The molecule has 0 aliphatic rings. The van der Waals surface area contributed by atoms with Gasteiger partial charge >= 0.3 is 0 Å². The highest BCUT2D eigenvalue weighted by molar-refractivity contribution is 5.78. The minimum Gasteiger partial charge on any atom is -0.355 e. The SMILES string of the molecule is CN=C(NCCCC(C)(C)C)NOC. The second kappa shape index (κ2) is 6.65. The van der Waals surface area contributed by atoms with E-state index in [-0.39, 0.29) is 0 Å². The molecule has 4 heteroatoms. The summed E-state index contributed by atoms with van der Waals surface area (Å²) in [6.07, 6.45) is 2.33. The number of rotatable bonds is 4. The van der Waals surface area contributed by atoms with Crippen LogP contribution in [0.25, 0.3) is 0 Å². The summed E-state index contributed by atoms with van der Waals surface area (Å²) in [6, 6.07) is 0. The average Bonchev–Trinajstić information content (AvgIpc) is 2.08. The number of hydrogen-bond acceptors (Lipinski definition) is 2. The van der Waals surface area contributed by atoms with E-state index < -0.39 is 0 Å². The zero-order chi connectivity index (χ0) is 11.0. The van der Waals surface area contributed by atoms with Gasteiger partial charge < -0.3 is 5.32 Å². The standard InChI is InChI=1S/C10H23N3O/c1-10(2,3)7-6-8-12-9(11-4)13-14-5/h6-8H2,1-5H3,(H2,11,12,13). The Labute approximate surface area is 87.1 Å². The molecule has 0 unspecified atom stereocenters. The molecule has 0 bridgehead atoms. The van der Waals surface area contributed by atoms with Gasteiger partial charge in [-0.05, 0) is 18.3 Å². The summed E-state index contributed by atoms with van der Waals surface area (Å²) < 4.78 is 0. The second-order valence-electron chi connectivity index (χ2n) is 4.47. The molecule has 0 spiro atoms. The molecule has 0 heterocycles. The lowest BCUT2D eigenvalue weighted by atomic mass is 9.91. The minimum atomic E-state index is 0.403. The molecule has 0 aromatic rings. The Morgan fingerprint density at radius 2 is 2.00 bits per heavy atom. The van der Waals surface area contributed by atoms with E-state index in [4.69, 9.17) is 4.84 Å². The smallest absolute Gasteiger partial charge is 0.215 e. The summed E-state index contributed by atoms with van der Waals surface area (Å²) in [5.41, 5.74) is 3.07. The van der Waals surface area contributed by atoms with Crippen molar-refractivity contribution in [1.82, 2.24) is 10.8 Å². The highest BCUT2D eigenvalue weighted by Gasteiger charge is 2.08. The quantitative estimate of drug-likeness (QED) is 0.314. The molecule has 0 saturated heterocycles. The summed E-state index contributed by atoms with van der Waals surface area (Å²) >= 11 is 0. The van der Waals surface area contributed by atoms with Gasteiger partial charge in [-0.25, -0.2) is 5.48 Å². The van der Waals surface area contributed by atoms with Gasteiger partial charge in [-0.2, -0.15) is 0 Å². The fraction of sp³-hybridized carbons (Fsp3) is 0.900. The molecule has 0 aliphatic heterocycles. The number of hydrogen-bond donors (Lipinski definition) is 2. The number of hydroxylamine groups is 1. The third-order valence-corrected chi connectivity index (χ3v) is 1.82. The summed E-state index contributed by atoms with van der Waals surface area (Å²) in [7, 11) is 3.29. The van der Waals surface area contributed by atoms with E-state index in [1.54, 1.807) is 14.2 Å². The molecular formula is C10H23N3O. The highest BCUT2D eigenvalue weighted by Crippen LogP contribution is 2.19. The lowest BCUT2D eigenvalue weighted by molar-refractivity contribution is 0.141. The molecule has 0 rings (SSSR count). The molecule has 84 valence electrons. The third-order valence-electron chi connectivity index (χ3n) is 1.82. The maximum absolute atomic E-state index is 4.75. The van der Waals surface area contributed by atoms with E-state index in [9.17, 15) is 0 Å². The van der Waals surface area contributed by atoms with Gasteiger partial charge in [0.2, 0.25) is 5.96 Å². The lowest BCUT2D eigenvalue weighted by Gasteiger charge is -2.18. The Balaban J connectivity index is 3.53. The topological polar surface area (TPSA) is 45.7 Å². The van der Waals surface area contributed by atoms with Crippen molar-refractivity contribution >= 4 is 5.96 Å². The Morgan fingerprint density at radius 1 is 1.36 bits per heavy atom. The summed E-state index contributed by atoms with van der Waals surface area (Å²) in [4.78, 5) is 8.73. The number of nitrogens with one attached hydrogen (secondary N) is 2. The second-order valence-corrected chi connectivity index (χ2v) is 4.47. The first-order valence-electron chi connectivity index (χ1n) is 4.99. The van der Waals surface area contributed by atoms with Crippen LogP contribution in [-0.2, 0) is 4.84 Å². The van der Waals surface area contributed by atoms with Gasteiger partial charge in [-0.15, -0.1) is 0 Å². The van der Waals surface area contributed by atoms with Crippen molar-refractivity contribution in [3.05, 3.63) is 0 Å². The van der Waals surface area contributed by atoms with E-state index in [0.717, 1.165) is 13.0 Å². The molecule has 4 nitrogen and oxygen atoms in total. The number of nitrogens with zero attached hydrogens (tertiary/aromatic N) is 1. The van der Waals surface area contributed by atoms with Crippen LogP contribution < -0.4 is 10.8 Å². The number of guanidine groups is 1. The van der Waals surface area contributed by atoms with Crippen LogP contribution in [0.4, 0.5) is 0 Å². The van der Waals surface area contributed by atoms with Crippen LogP contribution in [0.1, 0.15) is 33.6 Å². The van der Waals surface area contributed by atoms with Gasteiger partial charge in [0.05, 0.1) is 7.11 Å². The van der Waals surface area contributed by atoms with Crippen LogP contribution in [0.2, 0.25) is 0 Å². The predicted molar refractivity (Wildman–Crippen MR) is 60.2 cm³/mol. The van der Waals surface area contributed by atoms with E-state index in [1.807, 2.05) is 0 Å². The molecule has 2 N–H and O–H groups in total. The van der Waals surface area contributed by atoms with Crippen LogP contribution in [0.15, 0.2) is 4.99 Å². The molecule has 0 fully saturated rings. The Morgan fingerprint density at radius 3 is 2.43 bits per heavy atom. The van der Waals surface area contributed by atoms with Crippen molar-refractivity contribution in [3.8, 4) is 0 Å². The third kappa shape index (κ3) is 7.86. The van der Waals surface area contributed by atoms with E-state index in [1.165, 1.54) is 6.42 Å². The molecule has 14 heavy (non-hydrogen) atoms. The summed E-state index contributed by atoms with van der Waals surface area (Å²) in [6.45, 7) is 7.65. The van der Waals surface area contributed by atoms with Crippen LogP contribution >= 0.6 is 0 Å². The molecule has 0 atom stereocenters. The van der Waals surface area contributed by atoms with Crippen molar-refractivity contribution in [1.29, 1.82) is 0 Å². The first kappa shape index (κ1) is 13.2. The normalized spacial score (nSPS) is 12.8. The van der Waals surface area contributed by atoms with Gasteiger partial charge in [0.1, 0.15) is 0 Å². The van der Waals surface area contributed by atoms with E-state index >= 15 is 0 Å². The lowest BCUT2D eigenvalue weighted by Crippen LogP contribution is -2.37. The molecule has 0 aromatic carbocycles. The van der Waals surface area contributed by atoms with Crippen molar-refractivity contribution < 1.29 is 4.84 Å². The molecule has 0 saturated carbocycles. The van der Waals surface area contributed by atoms with Gasteiger partial charge in [-0.3, -0.25) is 9.83 Å². The first-order valence-corrected chi connectivity index (χ1v) is 4.99. The zero-order valence-electron chi connectivity index (χ0n) is 9.98. The van der Waals surface area contributed by atoms with Gasteiger partial charge in [0.25, 0.3) is 0 Å². The van der Waals surface area contributed by atoms with Gasteiger partial charge in [-0.1, -0.05) is 20.8 Å². The highest BCUT2D eigenvalue weighted by atomic mass is 16.6. The van der Waals surface area contributed by atoms with Crippen molar-refractivity contribution in [2.45, 2.75) is 33.6 Å². The average molecular weight is 201 g/mol. The van der Waals surface area contributed by atoms with Crippen molar-refractivity contribution in [3.63, 3.8) is 0 Å². The Hall–Kier alpha value is -0.770. The molecular weight excluding hydrogens is 178 g/mol. The van der Waals surface area contributed by atoms with E-state index in [0.29, 0.717) is 11.4 Å². The van der Waals surface area contributed by atoms with Crippen LogP contribution in [0.3, 0.4) is 0 Å². The van der Waals surface area contributed by atoms with Crippen LogP contribution in [-0.4, -0.2) is 26.7 Å². The Bertz CT molecular complexity index is 173. The van der Waals surface area contributed by atoms with Crippen molar-refractivity contribution in [2.24, 2.45) is 10.4 Å². The van der Waals surface area contributed by atoms with Crippen molar-refractivity contribution in [2.75, 3.05) is 20.7 Å². The van der Waals surface area contributed by atoms with Crippen LogP contribution in [0.5, 0.6) is 0 Å². The molecule has 0 amide bonds. The molecule has 0 aromatic heterocycles. The van der Waals surface area contributed by atoms with Crippen LogP contribution in [0, 0.1) is 5.41 Å². The maximum atomic E-state index is 4.75. The maximum Gasteiger partial charge on any atom is 0.215 e. The largest absolute Gasteiger partial charge is 0.355 e. The summed E-state index contributed by atoms with van der Waals surface area (Å²) in [5, 5.41) is 3.16. The first-order chi connectivity index (χ1) is 6.49. The monoisotopic (exact) mass is 201 g/mol. The summed E-state index contributed by atoms with van der Waals surface area (Å²) in [5.74, 6) is 0.682. The number of aliphatic imine (C=N–C) groups is 1. The van der Waals surface area contributed by atoms with E-state index in [2.05, 4.69) is 36.6 Å². The Kier molecular flexibility index (Phi) is 6.28. The molecule has 0 aliphatic carbocycles. The van der Waals surface area contributed by atoms with Gasteiger partial charge in [0, 0.05) is 13.6 Å².